The Hall–Kier alpha value is -3.17. The molecule has 6 heteroatoms. The molecule has 0 saturated carbocycles. The fourth-order valence-electron chi connectivity index (χ4n) is 2.26. The molecule has 0 fully saturated rings. The number of allylic oxidation sites excluding steroid dienone is 1. The first-order valence-corrected chi connectivity index (χ1v) is 8.89. The van der Waals surface area contributed by atoms with Crippen molar-refractivity contribution in [2.24, 2.45) is 0 Å². The molecule has 0 amide bonds. The van der Waals surface area contributed by atoms with Crippen molar-refractivity contribution >= 4 is 22.6 Å². The molecule has 0 spiro atoms. The Morgan fingerprint density at radius 1 is 1.23 bits per heavy atom. The van der Waals surface area contributed by atoms with E-state index in [0.29, 0.717) is 22.9 Å². The zero-order valence-corrected chi connectivity index (χ0v) is 14.9. The van der Waals surface area contributed by atoms with Crippen LogP contribution in [0.5, 0.6) is 5.75 Å². The molecule has 0 aliphatic rings. The number of aromatic nitrogens is 1. The van der Waals surface area contributed by atoms with E-state index in [0.717, 1.165) is 17.0 Å². The van der Waals surface area contributed by atoms with Crippen LogP contribution in [-0.4, -0.2) is 11.6 Å². The van der Waals surface area contributed by atoms with Crippen LogP contribution >= 0.6 is 11.3 Å². The van der Waals surface area contributed by atoms with Crippen LogP contribution in [0.15, 0.2) is 60.1 Å². The van der Waals surface area contributed by atoms with Crippen molar-refractivity contribution in [3.8, 4) is 23.1 Å². The van der Waals surface area contributed by atoms with Crippen LogP contribution in [0.3, 0.4) is 0 Å². The summed E-state index contributed by atoms with van der Waals surface area (Å²) in [5, 5.41) is 14.9. The Bertz CT molecular complexity index is 940. The van der Waals surface area contributed by atoms with Crippen molar-refractivity contribution < 1.29 is 9.13 Å². The van der Waals surface area contributed by atoms with E-state index in [9.17, 15) is 9.65 Å². The molecule has 3 rings (SSSR count). The van der Waals surface area contributed by atoms with Gasteiger partial charge in [0.2, 0.25) is 0 Å². The van der Waals surface area contributed by atoms with E-state index in [-0.39, 0.29) is 5.82 Å². The third-order valence-corrected chi connectivity index (χ3v) is 4.42. The molecule has 0 atom stereocenters. The van der Waals surface area contributed by atoms with Gasteiger partial charge in [0.15, 0.2) is 0 Å². The Balaban J connectivity index is 1.77. The molecule has 0 radical (unpaired) electrons. The van der Waals surface area contributed by atoms with Gasteiger partial charge in [0.25, 0.3) is 0 Å². The largest absolute Gasteiger partial charge is 0.494 e. The number of halogens is 1. The molecule has 0 unspecified atom stereocenters. The van der Waals surface area contributed by atoms with Gasteiger partial charge in [-0.1, -0.05) is 0 Å². The molecule has 130 valence electrons. The lowest BCUT2D eigenvalue weighted by Crippen LogP contribution is -1.91. The van der Waals surface area contributed by atoms with Gasteiger partial charge in [-0.25, -0.2) is 9.37 Å². The summed E-state index contributed by atoms with van der Waals surface area (Å²) in [5.41, 5.74) is 2.87. The number of hydrogen-bond donors (Lipinski definition) is 1. The number of nitrogens with zero attached hydrogens (tertiary/aromatic N) is 2. The molecule has 1 heterocycles. The first-order valence-electron chi connectivity index (χ1n) is 8.01. The summed E-state index contributed by atoms with van der Waals surface area (Å²) in [6, 6.07) is 15.7. The van der Waals surface area contributed by atoms with Gasteiger partial charge in [-0.3, -0.25) is 0 Å². The molecule has 0 aliphatic carbocycles. The van der Waals surface area contributed by atoms with Gasteiger partial charge in [0.05, 0.1) is 12.3 Å². The summed E-state index contributed by atoms with van der Waals surface area (Å²) < 4.78 is 18.4. The second-order valence-corrected chi connectivity index (χ2v) is 6.17. The summed E-state index contributed by atoms with van der Waals surface area (Å²) >= 11 is 1.40. The number of nitriles is 1. The van der Waals surface area contributed by atoms with Crippen molar-refractivity contribution in [3.63, 3.8) is 0 Å². The Morgan fingerprint density at radius 3 is 2.62 bits per heavy atom. The summed E-state index contributed by atoms with van der Waals surface area (Å²) in [4.78, 5) is 4.54. The molecule has 1 aromatic heterocycles. The summed E-state index contributed by atoms with van der Waals surface area (Å²) in [6.07, 6.45) is 1.58. The minimum atomic E-state index is -0.306. The zero-order valence-electron chi connectivity index (χ0n) is 14.1. The number of anilines is 1. The smallest absolute Gasteiger partial charge is 0.136 e. The minimum Gasteiger partial charge on any atom is -0.494 e. The van der Waals surface area contributed by atoms with E-state index in [1.54, 1.807) is 18.3 Å². The second-order valence-electron chi connectivity index (χ2n) is 5.32. The lowest BCUT2D eigenvalue weighted by Gasteiger charge is -2.03. The lowest BCUT2D eigenvalue weighted by atomic mass is 10.2. The van der Waals surface area contributed by atoms with Gasteiger partial charge in [0, 0.05) is 22.8 Å². The van der Waals surface area contributed by atoms with Gasteiger partial charge < -0.3 is 10.1 Å². The third kappa shape index (κ3) is 4.26. The number of ether oxygens (including phenoxy) is 1. The number of nitrogens with one attached hydrogen (secondary N) is 1. The van der Waals surface area contributed by atoms with Crippen molar-refractivity contribution in [2.45, 2.75) is 6.92 Å². The van der Waals surface area contributed by atoms with E-state index >= 15 is 0 Å². The van der Waals surface area contributed by atoms with Crippen LogP contribution in [0.1, 0.15) is 11.9 Å². The highest BCUT2D eigenvalue weighted by atomic mass is 32.1. The van der Waals surface area contributed by atoms with E-state index < -0.39 is 0 Å². The highest BCUT2D eigenvalue weighted by Crippen LogP contribution is 2.27. The maximum atomic E-state index is 12.9. The molecular weight excluding hydrogens is 349 g/mol. The predicted molar refractivity (Wildman–Crippen MR) is 102 cm³/mol. The lowest BCUT2D eigenvalue weighted by molar-refractivity contribution is 0.340. The Labute approximate surface area is 155 Å². The second kappa shape index (κ2) is 8.28. The third-order valence-electron chi connectivity index (χ3n) is 3.54. The van der Waals surface area contributed by atoms with Gasteiger partial charge in [0.1, 0.15) is 28.2 Å². The van der Waals surface area contributed by atoms with Crippen LogP contribution in [0, 0.1) is 17.1 Å². The van der Waals surface area contributed by atoms with E-state index in [1.807, 2.05) is 36.6 Å². The SMILES string of the molecule is CCOc1ccc(-c2csc(/C(C#N)=C/Nc3ccc(F)cc3)n2)cc1. The quantitative estimate of drug-likeness (QED) is 0.600. The van der Waals surface area contributed by atoms with Gasteiger partial charge in [-0.15, -0.1) is 11.3 Å². The van der Waals surface area contributed by atoms with Crippen LogP contribution in [0.25, 0.3) is 16.8 Å². The van der Waals surface area contributed by atoms with Gasteiger partial charge in [-0.05, 0) is 55.5 Å². The Kier molecular flexibility index (Phi) is 5.62. The fraction of sp³-hybridized carbons (Fsp3) is 0.100. The number of rotatable bonds is 6. The molecule has 0 saturated heterocycles. The molecule has 26 heavy (non-hydrogen) atoms. The van der Waals surface area contributed by atoms with Gasteiger partial charge in [-0.2, -0.15) is 5.26 Å². The minimum absolute atomic E-state index is 0.306. The summed E-state index contributed by atoms with van der Waals surface area (Å²) in [7, 11) is 0. The van der Waals surface area contributed by atoms with Crippen LogP contribution in [-0.2, 0) is 0 Å². The maximum Gasteiger partial charge on any atom is 0.136 e. The van der Waals surface area contributed by atoms with Crippen LogP contribution in [0.2, 0.25) is 0 Å². The molecule has 0 bridgehead atoms. The molecule has 4 nitrogen and oxygen atoms in total. The van der Waals surface area contributed by atoms with Crippen molar-refractivity contribution in [3.05, 3.63) is 70.9 Å². The highest BCUT2D eigenvalue weighted by Gasteiger charge is 2.09. The fourth-order valence-corrected chi connectivity index (χ4v) is 3.06. The zero-order chi connectivity index (χ0) is 18.4. The topological polar surface area (TPSA) is 57.9 Å². The molecule has 0 aliphatic heterocycles. The first-order chi connectivity index (χ1) is 12.7. The molecular formula is C20H16FN3OS. The highest BCUT2D eigenvalue weighted by molar-refractivity contribution is 7.11. The molecule has 2 aromatic carbocycles. The summed E-state index contributed by atoms with van der Waals surface area (Å²) in [5.74, 6) is 0.507. The average molecular weight is 365 g/mol. The van der Waals surface area contributed by atoms with Crippen molar-refractivity contribution in [1.82, 2.24) is 4.98 Å². The predicted octanol–water partition coefficient (Wildman–Crippen LogP) is 5.32. The van der Waals surface area contributed by atoms with E-state index in [4.69, 9.17) is 4.74 Å². The van der Waals surface area contributed by atoms with Gasteiger partial charge >= 0.3 is 0 Å². The molecule has 1 N–H and O–H groups in total. The Morgan fingerprint density at radius 2 is 1.96 bits per heavy atom. The first kappa shape index (κ1) is 17.6. The standard InChI is InChI=1S/C20H16FN3OS/c1-2-25-18-9-3-14(4-10-18)19-13-26-20(24-19)15(11-22)12-23-17-7-5-16(21)6-8-17/h3-10,12-13,23H,2H2,1H3/b15-12+. The monoisotopic (exact) mass is 365 g/mol. The van der Waals surface area contributed by atoms with Crippen LogP contribution in [0.4, 0.5) is 10.1 Å². The maximum absolute atomic E-state index is 12.9. The van der Waals surface area contributed by atoms with E-state index in [2.05, 4.69) is 16.4 Å². The molecule has 3 aromatic rings. The number of thiazole rings is 1. The number of hydrogen-bond acceptors (Lipinski definition) is 5. The summed E-state index contributed by atoms with van der Waals surface area (Å²) in [6.45, 7) is 2.56. The number of benzene rings is 2. The average Bonchev–Trinajstić information content (AvgIpc) is 3.15. The van der Waals surface area contributed by atoms with E-state index in [1.165, 1.54) is 23.5 Å². The van der Waals surface area contributed by atoms with Crippen LogP contribution < -0.4 is 10.1 Å². The van der Waals surface area contributed by atoms with Crippen molar-refractivity contribution in [2.75, 3.05) is 11.9 Å². The normalized spacial score (nSPS) is 11.0. The van der Waals surface area contributed by atoms with Crippen molar-refractivity contribution in [1.29, 1.82) is 5.26 Å².